The van der Waals surface area contributed by atoms with Crippen molar-refractivity contribution in [2.45, 2.75) is 13.8 Å². The van der Waals surface area contributed by atoms with Crippen LogP contribution in [0.3, 0.4) is 0 Å². The lowest BCUT2D eigenvalue weighted by atomic mass is 10.0. The smallest absolute Gasteiger partial charge is 0.179 e. The van der Waals surface area contributed by atoms with Crippen molar-refractivity contribution in [3.05, 3.63) is 40.3 Å². The molecule has 88 valence electrons. The SMILES string of the molecule is COc1c(-c2cccc(C)c2C)[nH]cnc1=S. The third-order valence-electron chi connectivity index (χ3n) is 2.89. The fourth-order valence-electron chi connectivity index (χ4n) is 1.80. The molecule has 1 aromatic heterocycles. The molecular formula is C13H14N2OS. The first-order chi connectivity index (χ1) is 8.15. The van der Waals surface area contributed by atoms with Gasteiger partial charge in [0.25, 0.3) is 0 Å². The number of nitrogens with one attached hydrogen (secondary N) is 1. The van der Waals surface area contributed by atoms with E-state index in [2.05, 4.69) is 29.9 Å². The summed E-state index contributed by atoms with van der Waals surface area (Å²) in [5.41, 5.74) is 4.42. The fourth-order valence-corrected chi connectivity index (χ4v) is 2.04. The third-order valence-corrected chi connectivity index (χ3v) is 3.18. The summed E-state index contributed by atoms with van der Waals surface area (Å²) in [5.74, 6) is 0.621. The number of aryl methyl sites for hydroxylation is 1. The molecular weight excluding hydrogens is 232 g/mol. The highest BCUT2D eigenvalue weighted by atomic mass is 32.1. The molecule has 0 bridgehead atoms. The van der Waals surface area contributed by atoms with Gasteiger partial charge in [-0.15, -0.1) is 0 Å². The summed E-state index contributed by atoms with van der Waals surface area (Å²) < 4.78 is 5.80. The number of methoxy groups -OCH3 is 1. The molecule has 0 saturated heterocycles. The highest BCUT2D eigenvalue weighted by Crippen LogP contribution is 2.31. The van der Waals surface area contributed by atoms with E-state index in [1.165, 1.54) is 11.1 Å². The molecule has 3 nitrogen and oxygen atoms in total. The van der Waals surface area contributed by atoms with Crippen molar-refractivity contribution in [3.8, 4) is 17.0 Å². The van der Waals surface area contributed by atoms with Crippen molar-refractivity contribution in [2.24, 2.45) is 0 Å². The number of aromatic amines is 1. The molecule has 0 unspecified atom stereocenters. The standard InChI is InChI=1S/C13H14N2OS/c1-8-5-4-6-10(9(8)2)11-12(16-3)13(17)15-7-14-11/h4-7H,1-3H3,(H,14,15,17). The van der Waals surface area contributed by atoms with E-state index < -0.39 is 0 Å². The van der Waals surface area contributed by atoms with Gasteiger partial charge in [-0.2, -0.15) is 0 Å². The normalized spacial score (nSPS) is 10.3. The van der Waals surface area contributed by atoms with Crippen LogP contribution in [0.2, 0.25) is 0 Å². The summed E-state index contributed by atoms with van der Waals surface area (Å²) in [6.07, 6.45) is 1.60. The number of H-pyrrole nitrogens is 1. The maximum Gasteiger partial charge on any atom is 0.179 e. The molecule has 0 spiro atoms. The topological polar surface area (TPSA) is 37.9 Å². The van der Waals surface area contributed by atoms with Gasteiger partial charge < -0.3 is 9.72 Å². The number of ether oxygens (including phenoxy) is 1. The van der Waals surface area contributed by atoms with Crippen LogP contribution >= 0.6 is 12.2 Å². The van der Waals surface area contributed by atoms with E-state index in [4.69, 9.17) is 17.0 Å². The van der Waals surface area contributed by atoms with E-state index in [0.29, 0.717) is 10.4 Å². The molecule has 0 atom stereocenters. The van der Waals surface area contributed by atoms with Gasteiger partial charge in [-0.25, -0.2) is 4.98 Å². The quantitative estimate of drug-likeness (QED) is 0.825. The summed E-state index contributed by atoms with van der Waals surface area (Å²) in [7, 11) is 1.61. The minimum Gasteiger partial charge on any atom is -0.491 e. The zero-order chi connectivity index (χ0) is 12.4. The predicted molar refractivity (Wildman–Crippen MR) is 70.9 cm³/mol. The summed E-state index contributed by atoms with van der Waals surface area (Å²) in [4.78, 5) is 7.13. The Bertz CT molecular complexity index is 605. The highest BCUT2D eigenvalue weighted by Gasteiger charge is 2.11. The van der Waals surface area contributed by atoms with Gasteiger partial charge in [-0.1, -0.05) is 30.4 Å². The lowest BCUT2D eigenvalue weighted by Crippen LogP contribution is -1.96. The molecule has 0 aliphatic carbocycles. The van der Waals surface area contributed by atoms with Gasteiger partial charge in [-0.05, 0) is 25.0 Å². The van der Waals surface area contributed by atoms with E-state index in [1.807, 2.05) is 12.1 Å². The maximum absolute atomic E-state index is 5.33. The van der Waals surface area contributed by atoms with Crippen molar-refractivity contribution >= 4 is 12.2 Å². The Morgan fingerprint density at radius 2 is 2.06 bits per heavy atom. The minimum atomic E-state index is 0.474. The van der Waals surface area contributed by atoms with Crippen LogP contribution in [-0.2, 0) is 0 Å². The molecule has 17 heavy (non-hydrogen) atoms. The van der Waals surface area contributed by atoms with Gasteiger partial charge in [0.15, 0.2) is 10.4 Å². The monoisotopic (exact) mass is 246 g/mol. The molecule has 1 N–H and O–H groups in total. The Kier molecular flexibility index (Phi) is 3.24. The molecule has 2 aromatic rings. The van der Waals surface area contributed by atoms with Crippen molar-refractivity contribution in [1.29, 1.82) is 0 Å². The summed E-state index contributed by atoms with van der Waals surface area (Å²) >= 11 is 5.16. The molecule has 0 saturated carbocycles. The van der Waals surface area contributed by atoms with Crippen molar-refractivity contribution in [2.75, 3.05) is 7.11 Å². The van der Waals surface area contributed by atoms with E-state index in [9.17, 15) is 0 Å². The van der Waals surface area contributed by atoms with Crippen molar-refractivity contribution in [1.82, 2.24) is 9.97 Å². The Hall–Kier alpha value is -1.68. The largest absolute Gasteiger partial charge is 0.491 e. The Labute approximate surface area is 105 Å². The maximum atomic E-state index is 5.33. The Balaban J connectivity index is 2.73. The van der Waals surface area contributed by atoms with Gasteiger partial charge in [-0.3, -0.25) is 0 Å². The average Bonchev–Trinajstić information content (AvgIpc) is 2.32. The van der Waals surface area contributed by atoms with Crippen LogP contribution < -0.4 is 4.74 Å². The second kappa shape index (κ2) is 4.67. The second-order valence-corrected chi connectivity index (χ2v) is 4.25. The van der Waals surface area contributed by atoms with Crippen molar-refractivity contribution < 1.29 is 4.74 Å². The van der Waals surface area contributed by atoms with Crippen LogP contribution in [0.5, 0.6) is 5.75 Å². The Morgan fingerprint density at radius 3 is 2.76 bits per heavy atom. The van der Waals surface area contributed by atoms with Crippen LogP contribution in [0, 0.1) is 18.5 Å². The number of nitrogens with zero attached hydrogens (tertiary/aromatic N) is 1. The van der Waals surface area contributed by atoms with Crippen molar-refractivity contribution in [3.63, 3.8) is 0 Å². The second-order valence-electron chi connectivity index (χ2n) is 3.86. The first-order valence-electron chi connectivity index (χ1n) is 5.33. The van der Waals surface area contributed by atoms with Gasteiger partial charge in [0, 0.05) is 5.56 Å². The van der Waals surface area contributed by atoms with Crippen LogP contribution in [0.4, 0.5) is 0 Å². The predicted octanol–water partition coefficient (Wildman–Crippen LogP) is 3.43. The molecule has 0 aliphatic heterocycles. The van der Waals surface area contributed by atoms with E-state index in [0.717, 1.165) is 11.3 Å². The summed E-state index contributed by atoms with van der Waals surface area (Å²) in [5, 5.41) is 0. The number of hydrogen-bond donors (Lipinski definition) is 1. The summed E-state index contributed by atoms with van der Waals surface area (Å²) in [6.45, 7) is 4.17. The number of benzene rings is 1. The average molecular weight is 246 g/mol. The fraction of sp³-hybridized carbons (Fsp3) is 0.231. The minimum absolute atomic E-state index is 0.474. The number of aromatic nitrogens is 2. The number of rotatable bonds is 2. The lowest BCUT2D eigenvalue weighted by Gasteiger charge is -2.11. The molecule has 4 heteroatoms. The first-order valence-corrected chi connectivity index (χ1v) is 5.74. The molecule has 2 rings (SSSR count). The molecule has 0 radical (unpaired) electrons. The number of hydrogen-bond acceptors (Lipinski definition) is 3. The van der Waals surface area contributed by atoms with E-state index in [1.54, 1.807) is 13.4 Å². The first kappa shape index (κ1) is 11.8. The molecule has 1 aromatic carbocycles. The van der Waals surface area contributed by atoms with Crippen LogP contribution in [0.15, 0.2) is 24.5 Å². The summed E-state index contributed by atoms with van der Waals surface area (Å²) in [6, 6.07) is 6.15. The van der Waals surface area contributed by atoms with Gasteiger partial charge >= 0.3 is 0 Å². The van der Waals surface area contributed by atoms with Crippen LogP contribution in [-0.4, -0.2) is 17.1 Å². The molecule has 1 heterocycles. The molecule has 0 aliphatic rings. The van der Waals surface area contributed by atoms with Crippen LogP contribution in [0.25, 0.3) is 11.3 Å². The zero-order valence-corrected chi connectivity index (χ0v) is 10.9. The third kappa shape index (κ3) is 2.08. The zero-order valence-electron chi connectivity index (χ0n) is 10.1. The van der Waals surface area contributed by atoms with Gasteiger partial charge in [0.2, 0.25) is 0 Å². The van der Waals surface area contributed by atoms with Crippen LogP contribution in [0.1, 0.15) is 11.1 Å². The van der Waals surface area contributed by atoms with E-state index in [-0.39, 0.29) is 0 Å². The van der Waals surface area contributed by atoms with Gasteiger partial charge in [0.1, 0.15) is 0 Å². The molecule has 0 amide bonds. The Morgan fingerprint density at radius 1 is 1.29 bits per heavy atom. The highest BCUT2D eigenvalue weighted by molar-refractivity contribution is 7.71. The van der Waals surface area contributed by atoms with E-state index >= 15 is 0 Å². The van der Waals surface area contributed by atoms with Gasteiger partial charge in [0.05, 0.1) is 19.1 Å². The lowest BCUT2D eigenvalue weighted by molar-refractivity contribution is 0.410. The molecule has 0 fully saturated rings.